The van der Waals surface area contributed by atoms with Crippen molar-refractivity contribution in [3.05, 3.63) is 66.2 Å². The van der Waals surface area contributed by atoms with Crippen LogP contribution in [0.4, 0.5) is 5.69 Å². The highest BCUT2D eigenvalue weighted by Gasteiger charge is 2.23. The highest BCUT2D eigenvalue weighted by Crippen LogP contribution is 2.36. The molecule has 0 bridgehead atoms. The van der Waals surface area contributed by atoms with Crippen LogP contribution < -0.4 is 10.1 Å². The van der Waals surface area contributed by atoms with Gasteiger partial charge >= 0.3 is 0 Å². The van der Waals surface area contributed by atoms with Crippen molar-refractivity contribution < 1.29 is 4.74 Å². The molecule has 2 aromatic carbocycles. The molecule has 1 aromatic heterocycles. The minimum absolute atomic E-state index is 0.353. The normalized spacial score (nSPS) is 15.4. The van der Waals surface area contributed by atoms with E-state index in [4.69, 9.17) is 4.74 Å². The number of anilines is 1. The quantitative estimate of drug-likeness (QED) is 0.640. The summed E-state index contributed by atoms with van der Waals surface area (Å²) in [7, 11) is 0. The van der Waals surface area contributed by atoms with Crippen molar-refractivity contribution in [3.8, 4) is 17.1 Å². The number of nitrogens with one attached hydrogen (secondary N) is 1. The topological polar surface area (TPSA) is 59.9 Å². The van der Waals surface area contributed by atoms with Crippen LogP contribution in [-0.2, 0) is 0 Å². The summed E-state index contributed by atoms with van der Waals surface area (Å²) in [5, 5.41) is 12.7. The van der Waals surface area contributed by atoms with E-state index in [1.165, 1.54) is 0 Å². The van der Waals surface area contributed by atoms with Crippen molar-refractivity contribution in [2.24, 2.45) is 0 Å². The molecule has 2 heterocycles. The third kappa shape index (κ3) is 4.11. The molecule has 136 valence electrons. The van der Waals surface area contributed by atoms with E-state index < -0.39 is 0 Å². The van der Waals surface area contributed by atoms with E-state index in [9.17, 15) is 0 Å². The van der Waals surface area contributed by atoms with Crippen LogP contribution in [-0.4, -0.2) is 27.2 Å². The summed E-state index contributed by atoms with van der Waals surface area (Å²) in [5.41, 5.74) is 3.66. The molecule has 0 amide bonds. The fourth-order valence-corrected chi connectivity index (χ4v) is 3.40. The number of benzene rings is 2. The molecule has 5 nitrogen and oxygen atoms in total. The van der Waals surface area contributed by atoms with E-state index in [1.807, 2.05) is 54.6 Å². The number of hydrogen-bond donors (Lipinski definition) is 1. The lowest BCUT2D eigenvalue weighted by atomic mass is 10.1. The number of fused-ring (bicyclic) bond motifs is 3. The van der Waals surface area contributed by atoms with Gasteiger partial charge in [-0.3, -0.25) is 0 Å². The fourth-order valence-electron chi connectivity index (χ4n) is 2.77. The summed E-state index contributed by atoms with van der Waals surface area (Å²) in [4.78, 5) is 4.61. The molecule has 0 fully saturated rings. The van der Waals surface area contributed by atoms with Crippen molar-refractivity contribution in [2.45, 2.75) is 24.7 Å². The van der Waals surface area contributed by atoms with E-state index in [-0.39, 0.29) is 6.23 Å². The molecule has 1 atom stereocenters. The first kappa shape index (κ1) is 17.5. The first-order valence-electron chi connectivity index (χ1n) is 8.97. The molecule has 6 heteroatoms. The number of nitrogens with zero attached hydrogens (tertiary/aromatic N) is 3. The van der Waals surface area contributed by atoms with Crippen LogP contribution in [0.3, 0.4) is 0 Å². The smallest absolute Gasteiger partial charge is 0.247 e. The number of hydrogen-bond acceptors (Lipinski definition) is 6. The Labute approximate surface area is 162 Å². The maximum Gasteiger partial charge on any atom is 0.247 e. The van der Waals surface area contributed by atoms with Gasteiger partial charge in [0, 0.05) is 17.0 Å². The largest absolute Gasteiger partial charge is 0.448 e. The maximum absolute atomic E-state index is 6.16. The third-order valence-electron chi connectivity index (χ3n) is 4.05. The predicted molar refractivity (Wildman–Crippen MR) is 110 cm³/mol. The Kier molecular flexibility index (Phi) is 5.34. The highest BCUT2D eigenvalue weighted by molar-refractivity contribution is 7.99. The fraction of sp³-hybridized carbons (Fsp3) is 0.190. The molecule has 1 N–H and O–H groups in total. The lowest BCUT2D eigenvalue weighted by Crippen LogP contribution is -2.23. The Morgan fingerprint density at radius 1 is 1.07 bits per heavy atom. The van der Waals surface area contributed by atoms with Crippen LogP contribution in [0, 0.1) is 0 Å². The second kappa shape index (κ2) is 8.22. The van der Waals surface area contributed by atoms with Gasteiger partial charge in [-0.25, -0.2) is 0 Å². The molecule has 0 aliphatic carbocycles. The second-order valence-electron chi connectivity index (χ2n) is 6.09. The van der Waals surface area contributed by atoms with Crippen LogP contribution in [0.1, 0.15) is 18.9 Å². The van der Waals surface area contributed by atoms with Crippen LogP contribution in [0.5, 0.6) is 5.88 Å². The van der Waals surface area contributed by atoms with E-state index in [0.717, 1.165) is 29.0 Å². The van der Waals surface area contributed by atoms with Crippen molar-refractivity contribution in [2.75, 3.05) is 11.1 Å². The zero-order valence-corrected chi connectivity index (χ0v) is 15.8. The number of rotatable bonds is 5. The molecule has 0 saturated heterocycles. The number of thioether (sulfide) groups is 1. The minimum Gasteiger partial charge on any atom is -0.448 e. The van der Waals surface area contributed by atoms with Gasteiger partial charge in [-0.05, 0) is 24.1 Å². The molecule has 0 unspecified atom stereocenters. The van der Waals surface area contributed by atoms with Gasteiger partial charge in [0.15, 0.2) is 11.9 Å². The molecule has 3 aromatic rings. The standard InChI is InChI=1S/C21H20N4OS/c1-2-14-27-21-23-20-19(24-25-21)16-10-6-7-11-17(16)22-18(26-20)13-12-15-8-4-3-5-9-15/h3-13,18,22H,2,14H2,1H3/t18-/m0/s1. The third-order valence-corrected chi connectivity index (χ3v) is 5.10. The van der Waals surface area contributed by atoms with Crippen molar-refractivity contribution in [1.29, 1.82) is 0 Å². The summed E-state index contributed by atoms with van der Waals surface area (Å²) in [6, 6.07) is 18.1. The van der Waals surface area contributed by atoms with Gasteiger partial charge in [0.2, 0.25) is 11.0 Å². The molecule has 27 heavy (non-hydrogen) atoms. The van der Waals surface area contributed by atoms with Crippen LogP contribution >= 0.6 is 11.8 Å². The van der Waals surface area contributed by atoms with Gasteiger partial charge in [-0.1, -0.05) is 73.3 Å². The molecule has 0 saturated carbocycles. The minimum atomic E-state index is -0.353. The van der Waals surface area contributed by atoms with Gasteiger partial charge in [0.25, 0.3) is 0 Å². The summed E-state index contributed by atoms with van der Waals surface area (Å²) in [5.74, 6) is 1.45. The Morgan fingerprint density at radius 3 is 2.74 bits per heavy atom. The van der Waals surface area contributed by atoms with Crippen molar-refractivity contribution in [3.63, 3.8) is 0 Å². The lowest BCUT2D eigenvalue weighted by molar-refractivity contribution is 0.266. The highest BCUT2D eigenvalue weighted by atomic mass is 32.2. The van der Waals surface area contributed by atoms with Crippen LogP contribution in [0.15, 0.2) is 65.8 Å². The second-order valence-corrected chi connectivity index (χ2v) is 7.16. The molecule has 0 spiro atoms. The van der Waals surface area contributed by atoms with E-state index in [2.05, 4.69) is 39.6 Å². The molecule has 0 radical (unpaired) electrons. The van der Waals surface area contributed by atoms with Gasteiger partial charge in [0.05, 0.1) is 0 Å². The monoisotopic (exact) mass is 376 g/mol. The molecule has 1 aliphatic heterocycles. The summed E-state index contributed by atoms with van der Waals surface area (Å²) in [6.45, 7) is 2.13. The van der Waals surface area contributed by atoms with Gasteiger partial charge < -0.3 is 10.1 Å². The maximum atomic E-state index is 6.16. The molecule has 4 rings (SSSR count). The number of para-hydroxylation sites is 1. The Morgan fingerprint density at radius 2 is 1.89 bits per heavy atom. The van der Waals surface area contributed by atoms with Crippen molar-refractivity contribution in [1.82, 2.24) is 15.2 Å². The zero-order chi connectivity index (χ0) is 18.5. The van der Waals surface area contributed by atoms with Gasteiger partial charge in [-0.15, -0.1) is 10.2 Å². The van der Waals surface area contributed by atoms with Gasteiger partial charge in [0.1, 0.15) is 0 Å². The Balaban J connectivity index is 1.69. The van der Waals surface area contributed by atoms with E-state index in [1.54, 1.807) is 11.8 Å². The van der Waals surface area contributed by atoms with Crippen molar-refractivity contribution >= 4 is 23.5 Å². The van der Waals surface area contributed by atoms with E-state index >= 15 is 0 Å². The lowest BCUT2D eigenvalue weighted by Gasteiger charge is -2.15. The predicted octanol–water partition coefficient (Wildman–Crippen LogP) is 4.88. The first-order chi connectivity index (χ1) is 13.3. The number of ether oxygens (including phenoxy) is 1. The van der Waals surface area contributed by atoms with Gasteiger partial charge in [-0.2, -0.15) is 4.98 Å². The summed E-state index contributed by atoms with van der Waals surface area (Å²) < 4.78 is 6.16. The van der Waals surface area contributed by atoms with Crippen LogP contribution in [0.25, 0.3) is 17.3 Å². The first-order valence-corrected chi connectivity index (χ1v) is 9.95. The average Bonchev–Trinajstić information content (AvgIpc) is 2.87. The Bertz CT molecular complexity index is 946. The molecular formula is C21H20N4OS. The molecular weight excluding hydrogens is 356 g/mol. The number of aromatic nitrogens is 3. The Hall–Kier alpha value is -2.86. The summed E-state index contributed by atoms with van der Waals surface area (Å²) >= 11 is 1.59. The van der Waals surface area contributed by atoms with E-state index in [0.29, 0.717) is 16.7 Å². The average molecular weight is 376 g/mol. The SMILES string of the molecule is CCCSc1nnc2c(n1)O[C@@H](C=Cc1ccccc1)Nc1ccccc1-2. The zero-order valence-electron chi connectivity index (χ0n) is 15.0. The van der Waals surface area contributed by atoms with Crippen LogP contribution in [0.2, 0.25) is 0 Å². The summed E-state index contributed by atoms with van der Waals surface area (Å²) in [6.07, 6.45) is 4.72. The molecule has 1 aliphatic rings.